The number of ketones is 1. The van der Waals surface area contributed by atoms with E-state index in [1.807, 2.05) is 19.9 Å². The molecule has 1 atom stereocenters. The monoisotopic (exact) mass is 408 g/mol. The van der Waals surface area contributed by atoms with E-state index < -0.39 is 24.0 Å². The van der Waals surface area contributed by atoms with Crippen molar-refractivity contribution < 1.29 is 19.1 Å². The zero-order valence-corrected chi connectivity index (χ0v) is 16.1. The van der Waals surface area contributed by atoms with Gasteiger partial charge >= 0.3 is 5.97 Å². The Morgan fingerprint density at radius 3 is 2.36 bits per heavy atom. The molecule has 0 fully saturated rings. The predicted molar refractivity (Wildman–Crippen MR) is 95.7 cm³/mol. The molecule has 0 unspecified atom stereocenters. The van der Waals surface area contributed by atoms with Gasteiger partial charge in [0.25, 0.3) is 5.91 Å². The largest absolute Gasteiger partial charge is 0.456 e. The summed E-state index contributed by atoms with van der Waals surface area (Å²) in [6.07, 6.45) is -0.105. The maximum Gasteiger partial charge on any atom is 0.306 e. The van der Waals surface area contributed by atoms with Gasteiger partial charge in [-0.25, -0.2) is 0 Å². The predicted octanol–water partition coefficient (Wildman–Crippen LogP) is 3.01. The second-order valence-electron chi connectivity index (χ2n) is 6.11. The Labute approximate surface area is 155 Å². The summed E-state index contributed by atoms with van der Waals surface area (Å²) in [5, 5.41) is 11.7. The van der Waals surface area contributed by atoms with Crippen LogP contribution in [0.5, 0.6) is 0 Å². The van der Waals surface area contributed by atoms with Crippen molar-refractivity contribution in [3.05, 3.63) is 34.3 Å². The highest BCUT2D eigenvalue weighted by atomic mass is 79.9. The molecule has 0 aliphatic heterocycles. The van der Waals surface area contributed by atoms with E-state index in [2.05, 4.69) is 21.2 Å². The van der Waals surface area contributed by atoms with Crippen LogP contribution in [0, 0.1) is 17.2 Å². The number of hydrogen-bond donors (Lipinski definition) is 1. The van der Waals surface area contributed by atoms with Gasteiger partial charge < -0.3 is 10.1 Å². The summed E-state index contributed by atoms with van der Waals surface area (Å²) in [6, 6.07) is 8.86. The quantitative estimate of drug-likeness (QED) is 0.526. The maximum absolute atomic E-state index is 12.0. The van der Waals surface area contributed by atoms with Crippen molar-refractivity contribution in [1.29, 1.82) is 5.26 Å². The Hall–Kier alpha value is -2.20. The molecular weight excluding hydrogens is 388 g/mol. The van der Waals surface area contributed by atoms with Crippen LogP contribution in [0.25, 0.3) is 0 Å². The molecule has 0 heterocycles. The summed E-state index contributed by atoms with van der Waals surface area (Å²) in [7, 11) is 0. The van der Waals surface area contributed by atoms with Crippen LogP contribution >= 0.6 is 15.9 Å². The minimum Gasteiger partial charge on any atom is -0.456 e. The van der Waals surface area contributed by atoms with E-state index in [-0.39, 0.29) is 24.5 Å². The van der Waals surface area contributed by atoms with Crippen molar-refractivity contribution >= 4 is 33.6 Å². The van der Waals surface area contributed by atoms with Gasteiger partial charge in [0.1, 0.15) is 5.54 Å². The topological polar surface area (TPSA) is 96.3 Å². The lowest BCUT2D eigenvalue weighted by Crippen LogP contribution is -2.50. The first kappa shape index (κ1) is 20.8. The molecule has 0 aromatic heterocycles. The molecule has 7 heteroatoms. The number of nitriles is 1. The van der Waals surface area contributed by atoms with Crippen LogP contribution in [-0.2, 0) is 14.3 Å². The third-order valence-electron chi connectivity index (χ3n) is 3.87. The van der Waals surface area contributed by atoms with Gasteiger partial charge in [0.05, 0.1) is 12.5 Å². The van der Waals surface area contributed by atoms with Crippen molar-refractivity contribution in [2.45, 2.75) is 39.2 Å². The van der Waals surface area contributed by atoms with Crippen molar-refractivity contribution in [1.82, 2.24) is 5.32 Å². The van der Waals surface area contributed by atoms with Gasteiger partial charge in [-0.15, -0.1) is 0 Å². The Balaban J connectivity index is 2.40. The lowest BCUT2D eigenvalue weighted by atomic mass is 9.90. The fraction of sp³-hybridized carbons (Fsp3) is 0.444. The molecule has 0 bridgehead atoms. The molecular formula is C18H21BrN2O4. The van der Waals surface area contributed by atoms with Gasteiger partial charge in [0.2, 0.25) is 0 Å². The first-order valence-electron chi connectivity index (χ1n) is 7.84. The molecule has 0 saturated heterocycles. The lowest BCUT2D eigenvalue weighted by Gasteiger charge is -2.27. The summed E-state index contributed by atoms with van der Waals surface area (Å²) in [5.74, 6) is -1.46. The van der Waals surface area contributed by atoms with Crippen LogP contribution in [0.2, 0.25) is 0 Å². The van der Waals surface area contributed by atoms with Gasteiger partial charge in [-0.3, -0.25) is 14.4 Å². The highest BCUT2D eigenvalue weighted by molar-refractivity contribution is 9.10. The molecule has 6 nitrogen and oxygen atoms in total. The van der Waals surface area contributed by atoms with Crippen molar-refractivity contribution in [2.75, 3.05) is 6.61 Å². The SMILES string of the molecule is CC(C)[C@@](C)(C#N)NC(=O)COC(=O)CCC(=O)c1ccc(Br)cc1. The maximum atomic E-state index is 12.0. The minimum absolute atomic E-state index is 0.00396. The molecule has 0 spiro atoms. The van der Waals surface area contributed by atoms with Gasteiger partial charge in [0, 0.05) is 16.5 Å². The summed E-state index contributed by atoms with van der Waals surface area (Å²) >= 11 is 3.28. The Morgan fingerprint density at radius 2 is 1.84 bits per heavy atom. The average Bonchev–Trinajstić information content (AvgIpc) is 2.58. The Bertz CT molecular complexity index is 679. The second-order valence-corrected chi connectivity index (χ2v) is 7.02. The standard InChI is InChI=1S/C18H21BrN2O4/c1-12(2)18(3,11-20)21-16(23)10-25-17(24)9-8-15(22)13-4-6-14(19)7-5-13/h4-7,12H,8-10H2,1-3H3,(H,21,23)/t18-/m1/s1. The number of nitrogens with one attached hydrogen (secondary N) is 1. The van der Waals surface area contributed by atoms with Gasteiger partial charge in [0.15, 0.2) is 12.4 Å². The van der Waals surface area contributed by atoms with Crippen molar-refractivity contribution in [2.24, 2.45) is 5.92 Å². The smallest absolute Gasteiger partial charge is 0.306 e. The number of amides is 1. The summed E-state index contributed by atoms with van der Waals surface area (Å²) < 4.78 is 5.72. The third kappa shape index (κ3) is 6.67. The number of carbonyl (C=O) groups excluding carboxylic acids is 3. The molecule has 1 rings (SSSR count). The minimum atomic E-state index is -1.03. The molecule has 0 radical (unpaired) electrons. The zero-order valence-electron chi connectivity index (χ0n) is 14.5. The van der Waals surface area contributed by atoms with Crippen LogP contribution < -0.4 is 5.32 Å². The number of hydrogen-bond acceptors (Lipinski definition) is 5. The van der Waals surface area contributed by atoms with E-state index >= 15 is 0 Å². The molecule has 1 N–H and O–H groups in total. The van der Waals surface area contributed by atoms with E-state index in [9.17, 15) is 14.4 Å². The van der Waals surface area contributed by atoms with E-state index in [4.69, 9.17) is 10.00 Å². The normalized spacial score (nSPS) is 12.8. The van der Waals surface area contributed by atoms with Crippen LogP contribution in [0.3, 0.4) is 0 Å². The molecule has 0 aliphatic rings. The molecule has 1 amide bonds. The Kier molecular flexibility index (Phi) is 7.78. The number of ether oxygens (including phenoxy) is 1. The van der Waals surface area contributed by atoms with E-state index in [1.54, 1.807) is 31.2 Å². The zero-order chi connectivity index (χ0) is 19.0. The van der Waals surface area contributed by atoms with Gasteiger partial charge in [-0.2, -0.15) is 5.26 Å². The molecule has 1 aromatic rings. The fourth-order valence-corrected chi connectivity index (χ4v) is 2.11. The number of benzene rings is 1. The highest BCUT2D eigenvalue weighted by Gasteiger charge is 2.30. The first-order valence-corrected chi connectivity index (χ1v) is 8.64. The number of esters is 1. The summed E-state index contributed by atoms with van der Waals surface area (Å²) in [4.78, 5) is 35.4. The van der Waals surface area contributed by atoms with Crippen LogP contribution in [0.1, 0.15) is 44.0 Å². The molecule has 1 aromatic carbocycles. The molecule has 0 aliphatic carbocycles. The third-order valence-corrected chi connectivity index (χ3v) is 4.40. The number of carbonyl (C=O) groups is 3. The molecule has 25 heavy (non-hydrogen) atoms. The van der Waals surface area contributed by atoms with Crippen molar-refractivity contribution in [3.8, 4) is 6.07 Å². The Morgan fingerprint density at radius 1 is 1.24 bits per heavy atom. The molecule has 134 valence electrons. The van der Waals surface area contributed by atoms with E-state index in [0.29, 0.717) is 5.56 Å². The van der Waals surface area contributed by atoms with Crippen LogP contribution in [-0.4, -0.2) is 29.8 Å². The van der Waals surface area contributed by atoms with Gasteiger partial charge in [-0.05, 0) is 25.0 Å². The average molecular weight is 409 g/mol. The van der Waals surface area contributed by atoms with E-state index in [1.165, 1.54) is 0 Å². The van der Waals surface area contributed by atoms with Crippen LogP contribution in [0.15, 0.2) is 28.7 Å². The number of nitrogens with zero attached hydrogens (tertiary/aromatic N) is 1. The van der Waals surface area contributed by atoms with Gasteiger partial charge in [-0.1, -0.05) is 41.9 Å². The summed E-state index contributed by atoms with van der Waals surface area (Å²) in [6.45, 7) is 4.75. The number of Topliss-reactive ketones (excluding diaryl/α,β-unsaturated/α-hetero) is 1. The number of rotatable bonds is 8. The lowest BCUT2D eigenvalue weighted by molar-refractivity contribution is -0.148. The second kappa shape index (κ2) is 9.33. The number of halogens is 1. The first-order chi connectivity index (χ1) is 11.7. The van der Waals surface area contributed by atoms with Crippen molar-refractivity contribution in [3.63, 3.8) is 0 Å². The summed E-state index contributed by atoms with van der Waals surface area (Å²) in [5.41, 5.74) is -0.517. The van der Waals surface area contributed by atoms with Crippen LogP contribution in [0.4, 0.5) is 0 Å². The fourth-order valence-electron chi connectivity index (χ4n) is 1.84. The van der Waals surface area contributed by atoms with E-state index in [0.717, 1.165) is 4.47 Å². The molecule has 0 saturated carbocycles. The highest BCUT2D eigenvalue weighted by Crippen LogP contribution is 2.15.